The van der Waals surface area contributed by atoms with E-state index >= 15 is 0 Å². The van der Waals surface area contributed by atoms with Crippen molar-refractivity contribution in [2.75, 3.05) is 27.4 Å². The minimum atomic E-state index is -0.797. The number of ether oxygens (including phenoxy) is 3. The van der Waals surface area contributed by atoms with E-state index in [1.807, 2.05) is 0 Å². The van der Waals surface area contributed by atoms with Crippen LogP contribution in [-0.2, 0) is 14.3 Å². The molecule has 2 aromatic carbocycles. The maximum Gasteiger partial charge on any atom is 0.295 e. The number of hydrogen-bond donors (Lipinski definition) is 1. The lowest BCUT2D eigenvalue weighted by Crippen LogP contribution is -2.36. The van der Waals surface area contributed by atoms with E-state index in [0.717, 1.165) is 12.8 Å². The van der Waals surface area contributed by atoms with Crippen LogP contribution < -0.4 is 9.47 Å². The van der Waals surface area contributed by atoms with Gasteiger partial charge in [-0.15, -0.1) is 0 Å². The van der Waals surface area contributed by atoms with Crippen LogP contribution in [0, 0.1) is 0 Å². The highest BCUT2D eigenvalue weighted by Gasteiger charge is 2.47. The second-order valence-electron chi connectivity index (χ2n) is 7.71. The number of carbonyl (C=O) groups excluding carboxylic acids is 2. The molecule has 1 amide bonds. The summed E-state index contributed by atoms with van der Waals surface area (Å²) in [4.78, 5) is 27.6. The quantitative estimate of drug-likeness (QED) is 0.401. The lowest BCUT2D eigenvalue weighted by Gasteiger charge is -2.28. The summed E-state index contributed by atoms with van der Waals surface area (Å²) >= 11 is 5.97. The fourth-order valence-corrected chi connectivity index (χ4v) is 4.33. The molecule has 2 saturated heterocycles. The summed E-state index contributed by atoms with van der Waals surface area (Å²) in [5.41, 5.74) is 1.04. The zero-order chi connectivity index (χ0) is 22.8. The van der Waals surface area contributed by atoms with Gasteiger partial charge in [0.05, 0.1) is 31.9 Å². The number of ketones is 1. The summed E-state index contributed by atoms with van der Waals surface area (Å²) in [5.74, 6) is -0.690. The molecule has 0 unspecified atom stereocenters. The second kappa shape index (κ2) is 9.22. The van der Waals surface area contributed by atoms with Gasteiger partial charge in [-0.1, -0.05) is 17.7 Å². The topological polar surface area (TPSA) is 85.3 Å². The maximum atomic E-state index is 13.1. The third-order valence-electron chi connectivity index (χ3n) is 5.81. The van der Waals surface area contributed by atoms with Crippen molar-refractivity contribution in [1.82, 2.24) is 4.90 Å². The molecule has 32 heavy (non-hydrogen) atoms. The first kappa shape index (κ1) is 22.2. The minimum absolute atomic E-state index is 0.0162. The summed E-state index contributed by atoms with van der Waals surface area (Å²) in [5, 5.41) is 11.6. The van der Waals surface area contributed by atoms with Gasteiger partial charge < -0.3 is 24.2 Å². The van der Waals surface area contributed by atoms with E-state index in [1.54, 1.807) is 42.5 Å². The van der Waals surface area contributed by atoms with Gasteiger partial charge in [-0.3, -0.25) is 9.59 Å². The molecule has 8 heteroatoms. The Hall–Kier alpha value is -3.03. The van der Waals surface area contributed by atoms with Crippen molar-refractivity contribution < 1.29 is 28.9 Å². The summed E-state index contributed by atoms with van der Waals surface area (Å²) in [6.45, 7) is 0.876. The highest BCUT2D eigenvalue weighted by atomic mass is 35.5. The first-order valence-electron chi connectivity index (χ1n) is 10.3. The average molecular weight is 458 g/mol. The Morgan fingerprint density at radius 3 is 2.47 bits per heavy atom. The van der Waals surface area contributed by atoms with Gasteiger partial charge in [0, 0.05) is 23.7 Å². The van der Waals surface area contributed by atoms with Crippen molar-refractivity contribution >= 4 is 29.1 Å². The number of likely N-dealkylation sites (tertiary alicyclic amines) is 1. The highest BCUT2D eigenvalue weighted by molar-refractivity contribution is 6.46. The van der Waals surface area contributed by atoms with Gasteiger partial charge in [-0.25, -0.2) is 0 Å². The number of rotatable bonds is 6. The number of aliphatic hydroxyl groups is 1. The molecule has 0 saturated carbocycles. The normalized spacial score (nSPS) is 22.4. The Labute approximate surface area is 191 Å². The Morgan fingerprint density at radius 2 is 1.84 bits per heavy atom. The van der Waals surface area contributed by atoms with E-state index < -0.39 is 17.7 Å². The van der Waals surface area contributed by atoms with Gasteiger partial charge >= 0.3 is 0 Å². The molecule has 0 aromatic heterocycles. The average Bonchev–Trinajstić information content (AvgIpc) is 3.41. The summed E-state index contributed by atoms with van der Waals surface area (Å²) in [7, 11) is 3.04. The number of benzene rings is 2. The number of nitrogens with zero attached hydrogens (tertiary/aromatic N) is 1. The van der Waals surface area contributed by atoms with Gasteiger partial charge in [0.1, 0.15) is 5.76 Å². The van der Waals surface area contributed by atoms with Crippen LogP contribution in [0.5, 0.6) is 11.5 Å². The van der Waals surface area contributed by atoms with Crippen molar-refractivity contribution in [3.8, 4) is 11.5 Å². The van der Waals surface area contributed by atoms with Gasteiger partial charge in [-0.05, 0) is 54.8 Å². The van der Waals surface area contributed by atoms with Crippen molar-refractivity contribution in [2.45, 2.75) is 25.0 Å². The van der Waals surface area contributed by atoms with E-state index in [4.69, 9.17) is 25.8 Å². The van der Waals surface area contributed by atoms with Crippen LogP contribution in [0.25, 0.3) is 5.76 Å². The molecular weight excluding hydrogens is 434 g/mol. The standard InChI is InChI=1S/C24H24ClNO6/c1-30-18-10-7-15(12-19(18)31-2)21-20(22(27)14-5-8-16(25)9-6-14)23(28)24(29)26(21)13-17-4-3-11-32-17/h5-10,12,17,21,27H,3-4,11,13H2,1-2H3/t17-,21+/m1/s1. The van der Waals surface area contributed by atoms with Crippen LogP contribution in [-0.4, -0.2) is 55.2 Å². The molecule has 2 atom stereocenters. The Bertz CT molecular complexity index is 1060. The van der Waals surface area contributed by atoms with Crippen molar-refractivity contribution in [1.29, 1.82) is 0 Å². The molecule has 0 aliphatic carbocycles. The van der Waals surface area contributed by atoms with Gasteiger partial charge in [-0.2, -0.15) is 0 Å². The molecule has 2 heterocycles. The van der Waals surface area contributed by atoms with E-state index in [9.17, 15) is 14.7 Å². The predicted molar refractivity (Wildman–Crippen MR) is 119 cm³/mol. The molecule has 2 aliphatic heterocycles. The second-order valence-corrected chi connectivity index (χ2v) is 8.14. The van der Waals surface area contributed by atoms with Crippen molar-refractivity contribution in [3.05, 3.63) is 64.2 Å². The largest absolute Gasteiger partial charge is 0.507 e. The van der Waals surface area contributed by atoms with Gasteiger partial charge in [0.25, 0.3) is 11.7 Å². The summed E-state index contributed by atoms with van der Waals surface area (Å²) < 4.78 is 16.5. The van der Waals surface area contributed by atoms with Crippen LogP contribution in [0.2, 0.25) is 5.02 Å². The lowest BCUT2D eigenvalue weighted by molar-refractivity contribution is -0.140. The molecule has 1 N–H and O–H groups in total. The molecular formula is C24H24ClNO6. The number of hydrogen-bond acceptors (Lipinski definition) is 6. The van der Waals surface area contributed by atoms with E-state index in [0.29, 0.717) is 34.3 Å². The Balaban J connectivity index is 1.85. The molecule has 0 radical (unpaired) electrons. The molecule has 7 nitrogen and oxygen atoms in total. The number of aliphatic hydroxyl groups excluding tert-OH is 1. The zero-order valence-electron chi connectivity index (χ0n) is 17.8. The lowest BCUT2D eigenvalue weighted by atomic mass is 9.95. The van der Waals surface area contributed by atoms with Crippen LogP contribution in [0.3, 0.4) is 0 Å². The van der Waals surface area contributed by atoms with Crippen LogP contribution in [0.15, 0.2) is 48.0 Å². The fraction of sp³-hybridized carbons (Fsp3) is 0.333. The van der Waals surface area contributed by atoms with Crippen molar-refractivity contribution in [3.63, 3.8) is 0 Å². The molecule has 168 valence electrons. The first-order valence-corrected chi connectivity index (χ1v) is 10.7. The van der Waals surface area contributed by atoms with Crippen LogP contribution >= 0.6 is 11.6 Å². The molecule has 0 bridgehead atoms. The molecule has 2 aliphatic rings. The predicted octanol–water partition coefficient (Wildman–Crippen LogP) is 3.96. The van der Waals surface area contributed by atoms with E-state index in [-0.39, 0.29) is 24.0 Å². The number of carbonyl (C=O) groups is 2. The van der Waals surface area contributed by atoms with Gasteiger partial charge in [0.2, 0.25) is 0 Å². The molecule has 0 spiro atoms. The van der Waals surface area contributed by atoms with Crippen LogP contribution in [0.1, 0.15) is 30.0 Å². The molecule has 4 rings (SSSR count). The SMILES string of the molecule is COc1ccc([C@H]2C(=C(O)c3ccc(Cl)cc3)C(=O)C(=O)N2C[C@H]2CCCO2)cc1OC. The number of methoxy groups -OCH3 is 2. The van der Waals surface area contributed by atoms with Crippen molar-refractivity contribution in [2.24, 2.45) is 0 Å². The minimum Gasteiger partial charge on any atom is -0.507 e. The zero-order valence-corrected chi connectivity index (χ0v) is 18.6. The number of Topliss-reactive ketones (excluding diaryl/α,β-unsaturated/α-hetero) is 1. The Kier molecular flexibility index (Phi) is 6.39. The first-order chi connectivity index (χ1) is 15.4. The van der Waals surface area contributed by atoms with Crippen LogP contribution in [0.4, 0.5) is 0 Å². The number of halogens is 1. The van der Waals surface area contributed by atoms with Gasteiger partial charge in [0.15, 0.2) is 11.5 Å². The van der Waals surface area contributed by atoms with E-state index in [1.165, 1.54) is 19.1 Å². The smallest absolute Gasteiger partial charge is 0.295 e. The summed E-state index contributed by atoms with van der Waals surface area (Å²) in [6.07, 6.45) is 1.55. The third kappa shape index (κ3) is 4.06. The Morgan fingerprint density at radius 1 is 1.12 bits per heavy atom. The molecule has 2 fully saturated rings. The monoisotopic (exact) mass is 457 g/mol. The summed E-state index contributed by atoms with van der Waals surface area (Å²) in [6, 6.07) is 10.8. The van der Waals surface area contributed by atoms with E-state index in [2.05, 4.69) is 0 Å². The maximum absolute atomic E-state index is 13.1. The highest BCUT2D eigenvalue weighted by Crippen LogP contribution is 2.42. The number of amides is 1. The third-order valence-corrected chi connectivity index (χ3v) is 6.06. The fourth-order valence-electron chi connectivity index (χ4n) is 4.21. The molecule has 2 aromatic rings.